The van der Waals surface area contributed by atoms with Crippen molar-refractivity contribution in [3.63, 3.8) is 0 Å². The lowest BCUT2D eigenvalue weighted by atomic mass is 9.61. The van der Waals surface area contributed by atoms with Crippen LogP contribution in [0.25, 0.3) is 0 Å². The maximum absolute atomic E-state index is 13.1. The van der Waals surface area contributed by atoms with Gasteiger partial charge in [-0.2, -0.15) is 0 Å². The Balaban J connectivity index is 2.59. The van der Waals surface area contributed by atoms with E-state index in [4.69, 9.17) is 9.47 Å². The summed E-state index contributed by atoms with van der Waals surface area (Å²) in [6.45, 7) is 11.8. The van der Waals surface area contributed by atoms with Gasteiger partial charge in [-0.15, -0.1) is 0 Å². The van der Waals surface area contributed by atoms with E-state index in [1.165, 1.54) is 6.92 Å². The van der Waals surface area contributed by atoms with Crippen molar-refractivity contribution in [3.8, 4) is 0 Å². The molecule has 0 heterocycles. The van der Waals surface area contributed by atoms with Crippen molar-refractivity contribution >= 4 is 17.7 Å². The summed E-state index contributed by atoms with van der Waals surface area (Å²) in [5.74, 6) is -4.97. The first kappa shape index (κ1) is 23.1. The number of Topliss-reactive ketones (excluding diaryl/α,β-unsaturated/α-hetero) is 1. The Bertz CT molecular complexity index is 767. The zero-order chi connectivity index (χ0) is 22.2. The third-order valence-corrected chi connectivity index (χ3v) is 4.77. The Morgan fingerprint density at radius 1 is 0.966 bits per heavy atom. The Hall–Kier alpha value is -2.21. The molecular weight excluding hydrogens is 372 g/mol. The lowest BCUT2D eigenvalue weighted by Gasteiger charge is -2.44. The van der Waals surface area contributed by atoms with Gasteiger partial charge >= 0.3 is 11.9 Å². The molecule has 160 valence electrons. The molecular formula is C23H32O6. The molecule has 4 atom stereocenters. The number of hydrogen-bond acceptors (Lipinski definition) is 6. The highest BCUT2D eigenvalue weighted by atomic mass is 16.6. The molecule has 29 heavy (non-hydrogen) atoms. The quantitative estimate of drug-likeness (QED) is 0.613. The molecule has 6 heteroatoms. The number of aliphatic hydroxyl groups is 1. The van der Waals surface area contributed by atoms with E-state index in [1.54, 1.807) is 71.9 Å². The second-order valence-electron chi connectivity index (χ2n) is 9.96. The van der Waals surface area contributed by atoms with Crippen molar-refractivity contribution in [1.29, 1.82) is 0 Å². The molecule has 0 radical (unpaired) electrons. The van der Waals surface area contributed by atoms with Gasteiger partial charge in [-0.3, -0.25) is 14.4 Å². The lowest BCUT2D eigenvalue weighted by Crippen LogP contribution is -2.56. The van der Waals surface area contributed by atoms with Crippen LogP contribution >= 0.6 is 0 Å². The number of hydrogen-bond donors (Lipinski definition) is 1. The Kier molecular flexibility index (Phi) is 6.29. The molecule has 0 amide bonds. The predicted octanol–water partition coefficient (Wildman–Crippen LogP) is 3.41. The van der Waals surface area contributed by atoms with E-state index in [-0.39, 0.29) is 6.42 Å². The van der Waals surface area contributed by atoms with Gasteiger partial charge < -0.3 is 14.6 Å². The maximum atomic E-state index is 13.1. The highest BCUT2D eigenvalue weighted by molar-refractivity contribution is 6.03. The van der Waals surface area contributed by atoms with E-state index in [2.05, 4.69) is 0 Å². The number of carbonyl (C=O) groups excluding carboxylic acids is 3. The minimum Gasteiger partial charge on any atom is -0.460 e. The van der Waals surface area contributed by atoms with Crippen LogP contribution in [0.4, 0.5) is 0 Å². The van der Waals surface area contributed by atoms with Gasteiger partial charge in [0.1, 0.15) is 17.1 Å². The minimum absolute atomic E-state index is 0.329. The van der Waals surface area contributed by atoms with Crippen LogP contribution in [0.5, 0.6) is 0 Å². The van der Waals surface area contributed by atoms with Crippen LogP contribution in [-0.2, 0) is 23.9 Å². The zero-order valence-corrected chi connectivity index (χ0v) is 18.3. The monoisotopic (exact) mass is 404 g/mol. The molecule has 1 N–H and O–H groups in total. The van der Waals surface area contributed by atoms with Crippen molar-refractivity contribution in [3.05, 3.63) is 35.9 Å². The smallest absolute Gasteiger partial charge is 0.317 e. The van der Waals surface area contributed by atoms with E-state index in [1.807, 2.05) is 0 Å². The van der Waals surface area contributed by atoms with Gasteiger partial charge in [0, 0.05) is 12.3 Å². The first-order chi connectivity index (χ1) is 13.1. The number of benzene rings is 1. The highest BCUT2D eigenvalue weighted by Crippen LogP contribution is 2.47. The van der Waals surface area contributed by atoms with Crippen molar-refractivity contribution in [2.24, 2.45) is 11.8 Å². The number of rotatable bonds is 3. The van der Waals surface area contributed by atoms with Crippen LogP contribution in [0.15, 0.2) is 30.3 Å². The summed E-state index contributed by atoms with van der Waals surface area (Å²) < 4.78 is 11.1. The largest absolute Gasteiger partial charge is 0.460 e. The summed E-state index contributed by atoms with van der Waals surface area (Å²) in [5.41, 5.74) is -2.62. The average molecular weight is 405 g/mol. The summed E-state index contributed by atoms with van der Waals surface area (Å²) >= 11 is 0. The van der Waals surface area contributed by atoms with Gasteiger partial charge in [0.25, 0.3) is 0 Å². The normalized spacial score (nSPS) is 28.0. The maximum Gasteiger partial charge on any atom is 0.317 e. The van der Waals surface area contributed by atoms with Gasteiger partial charge in [-0.05, 0) is 54.0 Å². The SMILES string of the molecule is CC(C)(C)OC(=O)[C@@H]1C(=O)C[C@](C)(O)[C@@H](C(=O)OC(C)(C)C)[C@@H]1c1ccccc1. The van der Waals surface area contributed by atoms with Crippen molar-refractivity contribution in [1.82, 2.24) is 0 Å². The fourth-order valence-electron chi connectivity index (χ4n) is 3.82. The first-order valence-corrected chi connectivity index (χ1v) is 9.88. The van der Waals surface area contributed by atoms with Crippen molar-refractivity contribution in [2.45, 2.75) is 77.6 Å². The second kappa shape index (κ2) is 7.90. The molecule has 6 nitrogen and oxygen atoms in total. The highest BCUT2D eigenvalue weighted by Gasteiger charge is 2.57. The third kappa shape index (κ3) is 5.66. The molecule has 0 aromatic heterocycles. The molecule has 1 aliphatic carbocycles. The third-order valence-electron chi connectivity index (χ3n) is 4.77. The molecule has 0 bridgehead atoms. The summed E-state index contributed by atoms with van der Waals surface area (Å²) in [4.78, 5) is 39.1. The Labute approximate surface area is 172 Å². The Morgan fingerprint density at radius 3 is 1.93 bits per heavy atom. The van der Waals surface area contributed by atoms with E-state index in [0.717, 1.165) is 0 Å². The summed E-state index contributed by atoms with van der Waals surface area (Å²) in [7, 11) is 0. The van der Waals surface area contributed by atoms with Crippen LogP contribution in [-0.4, -0.2) is 39.6 Å². The lowest BCUT2D eigenvalue weighted by molar-refractivity contribution is -0.182. The van der Waals surface area contributed by atoms with Crippen LogP contribution in [0.2, 0.25) is 0 Å². The molecule has 0 aliphatic heterocycles. The molecule has 1 aromatic carbocycles. The van der Waals surface area contributed by atoms with Crippen molar-refractivity contribution in [2.75, 3.05) is 0 Å². The molecule has 1 aromatic rings. The topological polar surface area (TPSA) is 89.9 Å². The molecule has 2 rings (SSSR count). The van der Waals surface area contributed by atoms with Gasteiger partial charge in [0.2, 0.25) is 0 Å². The standard InChI is InChI=1S/C23H32O6/c1-21(2,3)28-19(25)17-15(24)13-23(7,27)18(20(26)29-22(4,5)6)16(17)14-11-9-8-10-12-14/h8-12,16-18,27H,13H2,1-7H3/t16-,17-,18-,23+/m1/s1. The Morgan fingerprint density at radius 2 is 1.45 bits per heavy atom. The van der Waals surface area contributed by atoms with Crippen LogP contribution in [0.1, 0.15) is 66.4 Å². The van der Waals surface area contributed by atoms with Gasteiger partial charge in [0.15, 0.2) is 5.78 Å². The van der Waals surface area contributed by atoms with E-state index in [9.17, 15) is 19.5 Å². The summed E-state index contributed by atoms with van der Waals surface area (Å²) in [5, 5.41) is 11.1. The molecule has 1 aliphatic rings. The molecule has 0 saturated heterocycles. The second-order valence-corrected chi connectivity index (χ2v) is 9.96. The molecule has 0 spiro atoms. The van der Waals surface area contributed by atoms with Gasteiger partial charge in [-0.1, -0.05) is 30.3 Å². The fourth-order valence-corrected chi connectivity index (χ4v) is 3.82. The average Bonchev–Trinajstić information content (AvgIpc) is 2.50. The van der Waals surface area contributed by atoms with Crippen LogP contribution in [0.3, 0.4) is 0 Å². The van der Waals surface area contributed by atoms with Gasteiger partial charge in [0.05, 0.1) is 11.5 Å². The molecule has 0 unspecified atom stereocenters. The minimum atomic E-state index is -1.65. The van der Waals surface area contributed by atoms with E-state index < -0.39 is 52.3 Å². The van der Waals surface area contributed by atoms with E-state index in [0.29, 0.717) is 5.56 Å². The van der Waals surface area contributed by atoms with Crippen LogP contribution < -0.4 is 0 Å². The molecule has 1 saturated carbocycles. The molecule has 1 fully saturated rings. The van der Waals surface area contributed by atoms with Crippen LogP contribution in [0, 0.1) is 11.8 Å². The first-order valence-electron chi connectivity index (χ1n) is 9.88. The number of ketones is 1. The number of esters is 2. The zero-order valence-electron chi connectivity index (χ0n) is 18.3. The summed E-state index contributed by atoms with van der Waals surface area (Å²) in [6.07, 6.45) is -0.329. The number of ether oxygens (including phenoxy) is 2. The number of carbonyl (C=O) groups is 3. The predicted molar refractivity (Wildman–Crippen MR) is 108 cm³/mol. The van der Waals surface area contributed by atoms with E-state index >= 15 is 0 Å². The summed E-state index contributed by atoms with van der Waals surface area (Å²) in [6, 6.07) is 8.82. The van der Waals surface area contributed by atoms with Crippen molar-refractivity contribution < 1.29 is 29.0 Å². The van der Waals surface area contributed by atoms with Gasteiger partial charge in [-0.25, -0.2) is 0 Å². The fraction of sp³-hybridized carbons (Fsp3) is 0.609.